The van der Waals surface area contributed by atoms with Crippen molar-refractivity contribution in [1.82, 2.24) is 10.2 Å². The molecule has 0 radical (unpaired) electrons. The number of nitrogens with zero attached hydrogens (tertiary/aromatic N) is 1. The fraction of sp³-hybridized carbons (Fsp3) is 0.692. The van der Waals surface area contributed by atoms with Crippen molar-refractivity contribution in [1.29, 1.82) is 0 Å². The van der Waals surface area contributed by atoms with Crippen LogP contribution in [0.4, 0.5) is 0 Å². The molecule has 0 aliphatic carbocycles. The summed E-state index contributed by atoms with van der Waals surface area (Å²) in [4.78, 5) is 2.51. The maximum atomic E-state index is 5.48. The molecule has 3 atom stereocenters. The van der Waals surface area contributed by atoms with Crippen LogP contribution in [0.5, 0.6) is 0 Å². The molecule has 0 saturated carbocycles. The molecule has 16 heavy (non-hydrogen) atoms. The van der Waals surface area contributed by atoms with E-state index in [0.717, 1.165) is 18.8 Å². The molecule has 1 fully saturated rings. The van der Waals surface area contributed by atoms with Gasteiger partial charge in [-0.15, -0.1) is 0 Å². The summed E-state index contributed by atoms with van der Waals surface area (Å²) in [5.41, 5.74) is 0. The number of hydrogen-bond donors (Lipinski definition) is 1. The van der Waals surface area contributed by atoms with Crippen LogP contribution in [-0.4, -0.2) is 31.1 Å². The molecule has 3 nitrogen and oxygen atoms in total. The van der Waals surface area contributed by atoms with Gasteiger partial charge in [-0.2, -0.15) is 0 Å². The maximum Gasteiger partial charge on any atom is 0.120 e. The Morgan fingerprint density at radius 2 is 2.38 bits per heavy atom. The van der Waals surface area contributed by atoms with E-state index in [2.05, 4.69) is 37.2 Å². The number of piperidine rings is 1. The lowest BCUT2D eigenvalue weighted by Crippen LogP contribution is -2.47. The highest BCUT2D eigenvalue weighted by Gasteiger charge is 2.28. The average molecular weight is 222 g/mol. The highest BCUT2D eigenvalue weighted by molar-refractivity contribution is 5.04. The highest BCUT2D eigenvalue weighted by Crippen LogP contribution is 2.26. The lowest BCUT2D eigenvalue weighted by Gasteiger charge is -2.39. The van der Waals surface area contributed by atoms with E-state index in [0.29, 0.717) is 18.0 Å². The van der Waals surface area contributed by atoms with E-state index in [1.807, 2.05) is 6.07 Å². The number of likely N-dealkylation sites (tertiary alicyclic amines) is 1. The minimum Gasteiger partial charge on any atom is -0.468 e. The van der Waals surface area contributed by atoms with Crippen molar-refractivity contribution < 1.29 is 4.42 Å². The second-order valence-electron chi connectivity index (χ2n) is 4.85. The summed E-state index contributed by atoms with van der Waals surface area (Å²) in [6.45, 7) is 6.85. The predicted molar refractivity (Wildman–Crippen MR) is 65.3 cm³/mol. The molecule has 1 aromatic heterocycles. The molecule has 0 amide bonds. The van der Waals surface area contributed by atoms with Crippen LogP contribution < -0.4 is 5.32 Å². The second kappa shape index (κ2) is 5.02. The summed E-state index contributed by atoms with van der Waals surface area (Å²) in [7, 11) is 2.06. The Balaban J connectivity index is 1.97. The second-order valence-corrected chi connectivity index (χ2v) is 4.85. The van der Waals surface area contributed by atoms with Crippen LogP contribution in [0.25, 0.3) is 0 Å². The van der Waals surface area contributed by atoms with Gasteiger partial charge < -0.3 is 9.73 Å². The molecule has 2 heterocycles. The molecular weight excluding hydrogens is 200 g/mol. The average Bonchev–Trinajstić information content (AvgIpc) is 2.81. The van der Waals surface area contributed by atoms with Gasteiger partial charge in [0.05, 0.1) is 12.3 Å². The van der Waals surface area contributed by atoms with Crippen LogP contribution in [-0.2, 0) is 0 Å². The zero-order valence-electron chi connectivity index (χ0n) is 10.4. The highest BCUT2D eigenvalue weighted by atomic mass is 16.3. The smallest absolute Gasteiger partial charge is 0.120 e. The molecule has 3 unspecified atom stereocenters. The van der Waals surface area contributed by atoms with Gasteiger partial charge in [0.15, 0.2) is 0 Å². The van der Waals surface area contributed by atoms with Crippen molar-refractivity contribution in [3.8, 4) is 0 Å². The number of furan rings is 1. The van der Waals surface area contributed by atoms with Crippen LogP contribution in [0.15, 0.2) is 22.8 Å². The van der Waals surface area contributed by atoms with Crippen molar-refractivity contribution in [2.24, 2.45) is 5.92 Å². The Bertz CT molecular complexity index is 310. The van der Waals surface area contributed by atoms with Gasteiger partial charge in [0.1, 0.15) is 5.76 Å². The van der Waals surface area contributed by atoms with E-state index in [1.54, 1.807) is 6.26 Å². The van der Waals surface area contributed by atoms with Crippen molar-refractivity contribution in [2.75, 3.05) is 20.1 Å². The molecular formula is C13H22N2O. The van der Waals surface area contributed by atoms with Crippen LogP contribution in [0, 0.1) is 5.92 Å². The molecule has 90 valence electrons. The SMILES string of the molecule is CNC1CCN(C(C)c2ccco2)CC1C. The van der Waals surface area contributed by atoms with E-state index in [1.165, 1.54) is 6.42 Å². The van der Waals surface area contributed by atoms with Crippen molar-refractivity contribution in [2.45, 2.75) is 32.4 Å². The van der Waals surface area contributed by atoms with Crippen LogP contribution >= 0.6 is 0 Å². The van der Waals surface area contributed by atoms with Crippen LogP contribution in [0.1, 0.15) is 32.1 Å². The largest absolute Gasteiger partial charge is 0.468 e. The summed E-state index contributed by atoms with van der Waals surface area (Å²) in [6.07, 6.45) is 2.98. The molecule has 1 saturated heterocycles. The fourth-order valence-corrected chi connectivity index (χ4v) is 2.67. The molecule has 0 aromatic carbocycles. The van der Waals surface area contributed by atoms with E-state index < -0.39 is 0 Å². The monoisotopic (exact) mass is 222 g/mol. The van der Waals surface area contributed by atoms with E-state index >= 15 is 0 Å². The summed E-state index contributed by atoms with van der Waals surface area (Å²) in [6, 6.07) is 5.10. The summed E-state index contributed by atoms with van der Waals surface area (Å²) >= 11 is 0. The third kappa shape index (κ3) is 2.30. The lowest BCUT2D eigenvalue weighted by atomic mass is 9.93. The normalized spacial score (nSPS) is 29.2. The maximum absolute atomic E-state index is 5.48. The third-order valence-corrected chi connectivity index (χ3v) is 3.81. The van der Waals surface area contributed by atoms with Gasteiger partial charge in [0, 0.05) is 19.1 Å². The van der Waals surface area contributed by atoms with Gasteiger partial charge in [-0.1, -0.05) is 6.92 Å². The first kappa shape index (κ1) is 11.7. The van der Waals surface area contributed by atoms with Crippen molar-refractivity contribution in [3.63, 3.8) is 0 Å². The first-order valence-electron chi connectivity index (χ1n) is 6.17. The van der Waals surface area contributed by atoms with Crippen molar-refractivity contribution in [3.05, 3.63) is 24.2 Å². The van der Waals surface area contributed by atoms with E-state index in [4.69, 9.17) is 4.42 Å². The van der Waals surface area contributed by atoms with Crippen LogP contribution in [0.3, 0.4) is 0 Å². The molecule has 1 aromatic rings. The molecule has 2 rings (SSSR count). The molecule has 1 aliphatic rings. The Morgan fingerprint density at radius 1 is 1.56 bits per heavy atom. The number of rotatable bonds is 3. The van der Waals surface area contributed by atoms with E-state index in [-0.39, 0.29) is 0 Å². The Labute approximate surface area is 97.8 Å². The van der Waals surface area contributed by atoms with Gasteiger partial charge in [0.2, 0.25) is 0 Å². The van der Waals surface area contributed by atoms with Crippen molar-refractivity contribution >= 4 is 0 Å². The minimum atomic E-state index is 0.398. The number of nitrogens with one attached hydrogen (secondary N) is 1. The van der Waals surface area contributed by atoms with Crippen LogP contribution in [0.2, 0.25) is 0 Å². The van der Waals surface area contributed by atoms with Gasteiger partial charge in [-0.3, -0.25) is 4.90 Å². The molecule has 0 bridgehead atoms. The first-order valence-corrected chi connectivity index (χ1v) is 6.17. The topological polar surface area (TPSA) is 28.4 Å². The standard InChI is InChI=1S/C13H22N2O/c1-10-9-15(7-6-12(10)14-3)11(2)13-5-4-8-16-13/h4-5,8,10-12,14H,6-7,9H2,1-3H3. The zero-order chi connectivity index (χ0) is 11.5. The van der Waals surface area contributed by atoms with Gasteiger partial charge in [-0.05, 0) is 38.4 Å². The Kier molecular flexibility index (Phi) is 3.66. The molecule has 1 N–H and O–H groups in total. The summed E-state index contributed by atoms with van der Waals surface area (Å²) in [5.74, 6) is 1.78. The molecule has 1 aliphatic heterocycles. The molecule has 0 spiro atoms. The predicted octanol–water partition coefficient (Wildman–Crippen LogP) is 2.27. The lowest BCUT2D eigenvalue weighted by molar-refractivity contribution is 0.103. The summed E-state index contributed by atoms with van der Waals surface area (Å²) in [5, 5.41) is 3.40. The number of hydrogen-bond acceptors (Lipinski definition) is 3. The van der Waals surface area contributed by atoms with Gasteiger partial charge in [0.25, 0.3) is 0 Å². The zero-order valence-corrected chi connectivity index (χ0v) is 10.4. The molecule has 3 heteroatoms. The minimum absolute atomic E-state index is 0.398. The van der Waals surface area contributed by atoms with E-state index in [9.17, 15) is 0 Å². The summed E-state index contributed by atoms with van der Waals surface area (Å²) < 4.78 is 5.48. The first-order chi connectivity index (χ1) is 7.72. The fourth-order valence-electron chi connectivity index (χ4n) is 2.67. The van der Waals surface area contributed by atoms with Gasteiger partial charge in [-0.25, -0.2) is 0 Å². The quantitative estimate of drug-likeness (QED) is 0.850. The Morgan fingerprint density at radius 3 is 2.94 bits per heavy atom. The van der Waals surface area contributed by atoms with Gasteiger partial charge >= 0.3 is 0 Å². The third-order valence-electron chi connectivity index (χ3n) is 3.81. The Hall–Kier alpha value is -0.800.